The van der Waals surface area contributed by atoms with Crippen LogP contribution in [0.5, 0.6) is 0 Å². The molecule has 1 saturated heterocycles. The normalized spacial score (nSPS) is 18.1. The highest BCUT2D eigenvalue weighted by Gasteiger charge is 2.22. The summed E-state index contributed by atoms with van der Waals surface area (Å²) in [4.78, 5) is 14.8. The number of nitrogens with one attached hydrogen (secondary N) is 1. The molecule has 1 fully saturated rings. The zero-order valence-corrected chi connectivity index (χ0v) is 15.1. The molecule has 5 heteroatoms. The van der Waals surface area contributed by atoms with E-state index in [0.717, 1.165) is 32.5 Å². The van der Waals surface area contributed by atoms with Crippen molar-refractivity contribution in [3.63, 3.8) is 0 Å². The molecule has 26 heavy (non-hydrogen) atoms. The largest absolute Gasteiger partial charge is 0.348 e. The molecule has 1 aromatic heterocycles. The van der Waals surface area contributed by atoms with Gasteiger partial charge in [-0.25, -0.2) is 0 Å². The molecule has 1 atom stereocenters. The maximum atomic E-state index is 12.4. The average molecular weight is 348 g/mol. The molecule has 3 aromatic rings. The first-order valence-corrected chi connectivity index (χ1v) is 9.17. The Bertz CT molecular complexity index is 917. The number of likely N-dealkylation sites (tertiary alicyclic amines) is 1. The zero-order chi connectivity index (χ0) is 17.9. The van der Waals surface area contributed by atoms with E-state index in [-0.39, 0.29) is 11.9 Å². The molecule has 0 spiro atoms. The lowest BCUT2D eigenvalue weighted by Gasteiger charge is -2.33. The maximum absolute atomic E-state index is 12.4. The van der Waals surface area contributed by atoms with Gasteiger partial charge in [-0.15, -0.1) is 0 Å². The van der Waals surface area contributed by atoms with Crippen LogP contribution in [0, 0.1) is 0 Å². The highest BCUT2D eigenvalue weighted by molar-refractivity contribution is 5.93. The number of benzene rings is 2. The Morgan fingerprint density at radius 2 is 2.08 bits per heavy atom. The monoisotopic (exact) mass is 348 g/mol. The number of nitrogens with zero attached hydrogens (tertiary/aromatic N) is 3. The van der Waals surface area contributed by atoms with E-state index in [4.69, 9.17) is 0 Å². The van der Waals surface area contributed by atoms with Crippen molar-refractivity contribution in [3.05, 3.63) is 66.0 Å². The van der Waals surface area contributed by atoms with Gasteiger partial charge in [0.05, 0.1) is 11.8 Å². The SMILES string of the molecule is Cn1cc(C(=O)NC2CCCN(Cc3ccc4ccccc4c3)C2)cn1. The smallest absolute Gasteiger partial charge is 0.254 e. The van der Waals surface area contributed by atoms with Crippen LogP contribution >= 0.6 is 0 Å². The molecule has 0 aliphatic carbocycles. The average Bonchev–Trinajstić information content (AvgIpc) is 3.08. The van der Waals surface area contributed by atoms with E-state index >= 15 is 0 Å². The molecule has 1 unspecified atom stereocenters. The molecule has 1 amide bonds. The molecule has 2 aromatic carbocycles. The van der Waals surface area contributed by atoms with Gasteiger partial charge in [-0.05, 0) is 41.8 Å². The van der Waals surface area contributed by atoms with Gasteiger partial charge in [-0.1, -0.05) is 36.4 Å². The fourth-order valence-electron chi connectivity index (χ4n) is 3.72. The van der Waals surface area contributed by atoms with Crippen LogP contribution < -0.4 is 5.32 Å². The molecule has 0 radical (unpaired) electrons. The summed E-state index contributed by atoms with van der Waals surface area (Å²) >= 11 is 0. The van der Waals surface area contributed by atoms with Crippen LogP contribution in [0.3, 0.4) is 0 Å². The second-order valence-electron chi connectivity index (χ2n) is 7.13. The fraction of sp³-hybridized carbons (Fsp3) is 0.333. The van der Waals surface area contributed by atoms with Crippen LogP contribution in [-0.2, 0) is 13.6 Å². The van der Waals surface area contributed by atoms with Gasteiger partial charge in [0.15, 0.2) is 0 Å². The number of hydrogen-bond donors (Lipinski definition) is 1. The zero-order valence-electron chi connectivity index (χ0n) is 15.1. The highest BCUT2D eigenvalue weighted by atomic mass is 16.1. The number of rotatable bonds is 4. The minimum Gasteiger partial charge on any atom is -0.348 e. The first-order chi connectivity index (χ1) is 12.7. The molecule has 1 aliphatic heterocycles. The summed E-state index contributed by atoms with van der Waals surface area (Å²) in [6, 6.07) is 15.3. The Hall–Kier alpha value is -2.66. The molecular weight excluding hydrogens is 324 g/mol. The lowest BCUT2D eigenvalue weighted by atomic mass is 10.0. The molecule has 0 saturated carbocycles. The van der Waals surface area contributed by atoms with Crippen molar-refractivity contribution >= 4 is 16.7 Å². The van der Waals surface area contributed by atoms with Crippen molar-refractivity contribution in [3.8, 4) is 0 Å². The Balaban J connectivity index is 1.39. The topological polar surface area (TPSA) is 50.2 Å². The van der Waals surface area contributed by atoms with Gasteiger partial charge in [0, 0.05) is 32.4 Å². The summed E-state index contributed by atoms with van der Waals surface area (Å²) in [7, 11) is 1.82. The number of carbonyl (C=O) groups excluding carboxylic acids is 1. The quantitative estimate of drug-likeness (QED) is 0.789. The predicted molar refractivity (Wildman–Crippen MR) is 103 cm³/mol. The van der Waals surface area contributed by atoms with Crippen molar-refractivity contribution < 1.29 is 4.79 Å². The molecule has 2 heterocycles. The Morgan fingerprint density at radius 1 is 1.23 bits per heavy atom. The Morgan fingerprint density at radius 3 is 2.88 bits per heavy atom. The summed E-state index contributed by atoms with van der Waals surface area (Å²) < 4.78 is 1.65. The molecular formula is C21H24N4O. The summed E-state index contributed by atoms with van der Waals surface area (Å²) in [5, 5.41) is 9.79. The van der Waals surface area contributed by atoms with Crippen LogP contribution in [-0.4, -0.2) is 39.7 Å². The minimum absolute atomic E-state index is 0.0318. The van der Waals surface area contributed by atoms with Crippen molar-refractivity contribution in [2.45, 2.75) is 25.4 Å². The summed E-state index contributed by atoms with van der Waals surface area (Å²) in [6.45, 7) is 2.88. The maximum Gasteiger partial charge on any atom is 0.254 e. The van der Waals surface area contributed by atoms with E-state index in [0.29, 0.717) is 5.56 Å². The molecule has 1 N–H and O–H groups in total. The molecule has 5 nitrogen and oxygen atoms in total. The van der Waals surface area contributed by atoms with Crippen molar-refractivity contribution in [1.82, 2.24) is 20.0 Å². The second-order valence-corrected chi connectivity index (χ2v) is 7.13. The van der Waals surface area contributed by atoms with Crippen LogP contribution in [0.25, 0.3) is 10.8 Å². The van der Waals surface area contributed by atoms with Crippen molar-refractivity contribution in [1.29, 1.82) is 0 Å². The standard InChI is InChI=1S/C21H24N4O/c1-24-14-19(12-22-24)21(26)23-20-7-4-10-25(15-20)13-16-8-9-17-5-2-3-6-18(17)11-16/h2-3,5-6,8-9,11-12,14,20H,4,7,10,13,15H2,1H3,(H,23,26). The van der Waals surface area contributed by atoms with Gasteiger partial charge in [0.25, 0.3) is 5.91 Å². The van der Waals surface area contributed by atoms with E-state index < -0.39 is 0 Å². The van der Waals surface area contributed by atoms with E-state index in [9.17, 15) is 4.79 Å². The lowest BCUT2D eigenvalue weighted by molar-refractivity contribution is 0.0900. The minimum atomic E-state index is -0.0318. The third kappa shape index (κ3) is 3.78. The first-order valence-electron chi connectivity index (χ1n) is 9.17. The first kappa shape index (κ1) is 16.8. The summed E-state index contributed by atoms with van der Waals surface area (Å²) in [6.07, 6.45) is 5.50. The molecule has 134 valence electrons. The van der Waals surface area contributed by atoms with Crippen molar-refractivity contribution in [2.75, 3.05) is 13.1 Å². The number of piperidine rings is 1. The predicted octanol–water partition coefficient (Wildman–Crippen LogP) is 2.97. The van der Waals surface area contributed by atoms with E-state index in [1.165, 1.54) is 16.3 Å². The van der Waals surface area contributed by atoms with Gasteiger partial charge in [-0.3, -0.25) is 14.4 Å². The second kappa shape index (κ2) is 7.30. The van der Waals surface area contributed by atoms with Gasteiger partial charge in [0.1, 0.15) is 0 Å². The van der Waals surface area contributed by atoms with E-state index in [2.05, 4.69) is 57.8 Å². The number of aromatic nitrogens is 2. The van der Waals surface area contributed by atoms with E-state index in [1.54, 1.807) is 17.1 Å². The van der Waals surface area contributed by atoms with E-state index in [1.807, 2.05) is 7.05 Å². The Labute approximate surface area is 153 Å². The van der Waals surface area contributed by atoms with Gasteiger partial charge < -0.3 is 5.32 Å². The third-order valence-corrected chi connectivity index (χ3v) is 5.03. The van der Waals surface area contributed by atoms with Gasteiger partial charge in [0.2, 0.25) is 0 Å². The number of aryl methyl sites for hydroxylation is 1. The number of carbonyl (C=O) groups is 1. The highest BCUT2D eigenvalue weighted by Crippen LogP contribution is 2.19. The van der Waals surface area contributed by atoms with Crippen LogP contribution in [0.15, 0.2) is 54.9 Å². The number of amides is 1. The molecule has 1 aliphatic rings. The van der Waals surface area contributed by atoms with Crippen LogP contribution in [0.1, 0.15) is 28.8 Å². The van der Waals surface area contributed by atoms with Crippen LogP contribution in [0.4, 0.5) is 0 Å². The molecule has 0 bridgehead atoms. The van der Waals surface area contributed by atoms with Crippen LogP contribution in [0.2, 0.25) is 0 Å². The number of hydrogen-bond acceptors (Lipinski definition) is 3. The van der Waals surface area contributed by atoms with Gasteiger partial charge in [-0.2, -0.15) is 5.10 Å². The number of fused-ring (bicyclic) bond motifs is 1. The molecule has 4 rings (SSSR count). The van der Waals surface area contributed by atoms with Crippen molar-refractivity contribution in [2.24, 2.45) is 7.05 Å². The fourth-order valence-corrected chi connectivity index (χ4v) is 3.72. The summed E-state index contributed by atoms with van der Waals surface area (Å²) in [5.41, 5.74) is 1.95. The third-order valence-electron chi connectivity index (χ3n) is 5.03. The Kier molecular flexibility index (Phi) is 4.71. The van der Waals surface area contributed by atoms with Gasteiger partial charge >= 0.3 is 0 Å². The summed E-state index contributed by atoms with van der Waals surface area (Å²) in [5.74, 6) is -0.0318. The lowest BCUT2D eigenvalue weighted by Crippen LogP contribution is -2.47.